The molecule has 0 aliphatic carbocycles. The summed E-state index contributed by atoms with van der Waals surface area (Å²) in [7, 11) is 0. The van der Waals surface area contributed by atoms with E-state index in [0.717, 1.165) is 32.3 Å². The van der Waals surface area contributed by atoms with Crippen LogP contribution in [-0.4, -0.2) is 35.0 Å². The summed E-state index contributed by atoms with van der Waals surface area (Å²) in [5.41, 5.74) is 7.20. The van der Waals surface area contributed by atoms with Gasteiger partial charge in [0, 0.05) is 31.8 Å². The maximum Gasteiger partial charge on any atom is 0.255 e. The molecule has 1 aromatic heterocycles. The molecule has 2 aliphatic rings. The molecule has 2 aliphatic heterocycles. The van der Waals surface area contributed by atoms with Crippen LogP contribution in [0.2, 0.25) is 0 Å². The number of aromatic nitrogens is 1. The van der Waals surface area contributed by atoms with Gasteiger partial charge in [0.25, 0.3) is 5.91 Å². The van der Waals surface area contributed by atoms with Crippen LogP contribution in [0.5, 0.6) is 0 Å². The van der Waals surface area contributed by atoms with Gasteiger partial charge in [-0.15, -0.1) is 0 Å². The zero-order valence-electron chi connectivity index (χ0n) is 14.2. The summed E-state index contributed by atoms with van der Waals surface area (Å²) < 4.78 is 6.33. The van der Waals surface area contributed by atoms with Crippen molar-refractivity contribution in [3.63, 3.8) is 0 Å². The van der Waals surface area contributed by atoms with Crippen molar-refractivity contribution in [1.29, 1.82) is 0 Å². The first-order chi connectivity index (χ1) is 12.2. The third-order valence-corrected chi connectivity index (χ3v) is 5.42. The van der Waals surface area contributed by atoms with Gasteiger partial charge in [-0.1, -0.05) is 30.3 Å². The number of nitrogens with two attached hydrogens (primary N) is 1. The van der Waals surface area contributed by atoms with E-state index in [1.54, 1.807) is 18.3 Å². The van der Waals surface area contributed by atoms with E-state index in [1.807, 2.05) is 11.0 Å². The Balaban J connectivity index is 1.60. The molecule has 2 atom stereocenters. The molecule has 2 N–H and O–H groups in total. The number of carbonyl (C=O) groups excluding carboxylic acids is 1. The maximum atomic E-state index is 13.0. The highest BCUT2D eigenvalue weighted by Crippen LogP contribution is 2.42. The molecule has 1 aromatic carbocycles. The Morgan fingerprint density at radius 1 is 1.24 bits per heavy atom. The lowest BCUT2D eigenvalue weighted by Gasteiger charge is -2.45. The minimum Gasteiger partial charge on any atom is -0.384 e. The van der Waals surface area contributed by atoms with Gasteiger partial charge in [-0.25, -0.2) is 4.98 Å². The lowest BCUT2D eigenvalue weighted by atomic mass is 9.80. The number of pyridine rings is 1. The Morgan fingerprint density at radius 3 is 2.84 bits per heavy atom. The minimum atomic E-state index is -0.265. The number of likely N-dealkylation sites (tertiary alicyclic amines) is 1. The molecule has 2 saturated heterocycles. The van der Waals surface area contributed by atoms with Crippen LogP contribution in [-0.2, 0) is 10.3 Å². The van der Waals surface area contributed by atoms with Gasteiger partial charge in [0.05, 0.1) is 11.2 Å². The van der Waals surface area contributed by atoms with E-state index < -0.39 is 0 Å². The van der Waals surface area contributed by atoms with Crippen molar-refractivity contribution < 1.29 is 9.53 Å². The second-order valence-corrected chi connectivity index (χ2v) is 6.93. The average Bonchev–Trinajstić information content (AvgIpc) is 2.83. The Bertz CT molecular complexity index is 747. The van der Waals surface area contributed by atoms with Gasteiger partial charge in [0.1, 0.15) is 5.82 Å². The van der Waals surface area contributed by atoms with Crippen molar-refractivity contribution in [3.8, 4) is 0 Å². The minimum absolute atomic E-state index is 0.0426. The summed E-state index contributed by atoms with van der Waals surface area (Å²) in [6.45, 7) is 1.44. The molecule has 2 aromatic rings. The number of hydrogen-bond acceptors (Lipinski definition) is 4. The number of carbonyl (C=O) groups is 1. The quantitative estimate of drug-likeness (QED) is 0.915. The summed E-state index contributed by atoms with van der Waals surface area (Å²) in [6.07, 6.45) is 5.20. The molecule has 2 unspecified atom stereocenters. The molecule has 1 amide bonds. The summed E-state index contributed by atoms with van der Waals surface area (Å²) in [4.78, 5) is 19.0. The first-order valence-corrected chi connectivity index (χ1v) is 8.90. The highest BCUT2D eigenvalue weighted by Gasteiger charge is 2.44. The number of rotatable bonds is 2. The molecule has 2 fully saturated rings. The number of hydrogen-bond donors (Lipinski definition) is 1. The summed E-state index contributed by atoms with van der Waals surface area (Å²) >= 11 is 0. The summed E-state index contributed by atoms with van der Waals surface area (Å²) in [6, 6.07) is 14.1. The van der Waals surface area contributed by atoms with Crippen LogP contribution in [0.1, 0.15) is 41.6 Å². The largest absolute Gasteiger partial charge is 0.384 e. The lowest BCUT2D eigenvalue weighted by Crippen LogP contribution is -2.51. The molecule has 5 nitrogen and oxygen atoms in total. The Kier molecular flexibility index (Phi) is 4.17. The SMILES string of the molecule is Nc1ccc(C(=O)N2CCC3(c4ccccc4)CC2CCCO3)cn1. The molecular weight excluding hydrogens is 314 g/mol. The van der Waals surface area contributed by atoms with Crippen molar-refractivity contribution in [2.45, 2.75) is 37.3 Å². The lowest BCUT2D eigenvalue weighted by molar-refractivity contribution is -0.0831. The monoisotopic (exact) mass is 337 g/mol. The Hall–Kier alpha value is -2.40. The van der Waals surface area contributed by atoms with Crippen LogP contribution in [0, 0.1) is 0 Å². The molecule has 130 valence electrons. The van der Waals surface area contributed by atoms with Crippen molar-refractivity contribution in [1.82, 2.24) is 9.88 Å². The second-order valence-electron chi connectivity index (χ2n) is 6.93. The van der Waals surface area contributed by atoms with E-state index in [0.29, 0.717) is 17.9 Å². The van der Waals surface area contributed by atoms with E-state index in [4.69, 9.17) is 10.5 Å². The molecule has 25 heavy (non-hydrogen) atoms. The summed E-state index contributed by atoms with van der Waals surface area (Å²) in [5.74, 6) is 0.474. The van der Waals surface area contributed by atoms with Gasteiger partial charge in [-0.3, -0.25) is 4.79 Å². The first kappa shape index (κ1) is 16.1. The predicted molar refractivity (Wildman–Crippen MR) is 96.0 cm³/mol. The van der Waals surface area contributed by atoms with Gasteiger partial charge < -0.3 is 15.4 Å². The normalized spacial score (nSPS) is 26.1. The van der Waals surface area contributed by atoms with E-state index in [2.05, 4.69) is 29.2 Å². The van der Waals surface area contributed by atoms with E-state index >= 15 is 0 Å². The number of fused-ring (bicyclic) bond motifs is 2. The van der Waals surface area contributed by atoms with Crippen molar-refractivity contribution in [3.05, 3.63) is 59.8 Å². The number of amides is 1. The fourth-order valence-corrected chi connectivity index (χ4v) is 4.10. The van der Waals surface area contributed by atoms with Crippen LogP contribution < -0.4 is 5.73 Å². The predicted octanol–water partition coefficient (Wildman–Crippen LogP) is 2.97. The van der Waals surface area contributed by atoms with Gasteiger partial charge in [-0.05, 0) is 37.0 Å². The second kappa shape index (κ2) is 6.48. The fraction of sp³-hybridized carbons (Fsp3) is 0.400. The van der Waals surface area contributed by atoms with Crippen LogP contribution in [0.3, 0.4) is 0 Å². The Morgan fingerprint density at radius 2 is 2.08 bits per heavy atom. The van der Waals surface area contributed by atoms with Crippen molar-refractivity contribution in [2.24, 2.45) is 0 Å². The molecular formula is C20H23N3O2. The molecule has 0 spiro atoms. The Labute approximate surface area is 147 Å². The molecule has 5 heteroatoms. The van der Waals surface area contributed by atoms with Crippen molar-refractivity contribution in [2.75, 3.05) is 18.9 Å². The summed E-state index contributed by atoms with van der Waals surface area (Å²) in [5, 5.41) is 0. The number of anilines is 1. The fourth-order valence-electron chi connectivity index (χ4n) is 4.10. The van der Waals surface area contributed by atoms with Crippen molar-refractivity contribution >= 4 is 11.7 Å². The van der Waals surface area contributed by atoms with Crippen LogP contribution >= 0.6 is 0 Å². The standard InChI is InChI=1S/C20H23N3O2/c21-18-9-8-15(14-22-18)19(24)23-11-10-20(16-5-2-1-3-6-16)13-17(23)7-4-12-25-20/h1-3,5-6,8-9,14,17H,4,7,10-13H2,(H2,21,22). The third-order valence-electron chi connectivity index (χ3n) is 5.42. The molecule has 3 heterocycles. The van der Waals surface area contributed by atoms with Gasteiger partial charge in [0.15, 0.2) is 0 Å². The zero-order valence-corrected chi connectivity index (χ0v) is 14.2. The number of ether oxygens (including phenoxy) is 1. The molecule has 2 bridgehead atoms. The number of nitrogen functional groups attached to an aromatic ring is 1. The topological polar surface area (TPSA) is 68.5 Å². The number of benzene rings is 1. The average molecular weight is 337 g/mol. The number of piperidine rings is 1. The maximum absolute atomic E-state index is 13.0. The van der Waals surface area contributed by atoms with Gasteiger partial charge >= 0.3 is 0 Å². The van der Waals surface area contributed by atoms with Crippen LogP contribution in [0.25, 0.3) is 0 Å². The number of nitrogens with zero attached hydrogens (tertiary/aromatic N) is 2. The third kappa shape index (κ3) is 3.00. The smallest absolute Gasteiger partial charge is 0.255 e. The van der Waals surface area contributed by atoms with Crippen LogP contribution in [0.4, 0.5) is 5.82 Å². The molecule has 4 rings (SSSR count). The van der Waals surface area contributed by atoms with Gasteiger partial charge in [0.2, 0.25) is 0 Å². The highest BCUT2D eigenvalue weighted by molar-refractivity contribution is 5.94. The van der Waals surface area contributed by atoms with E-state index in [1.165, 1.54) is 5.56 Å². The van der Waals surface area contributed by atoms with E-state index in [-0.39, 0.29) is 17.6 Å². The first-order valence-electron chi connectivity index (χ1n) is 8.90. The molecule has 0 saturated carbocycles. The zero-order chi connectivity index (χ0) is 17.3. The molecule has 0 radical (unpaired) electrons. The van der Waals surface area contributed by atoms with E-state index in [9.17, 15) is 4.79 Å². The highest BCUT2D eigenvalue weighted by atomic mass is 16.5. The van der Waals surface area contributed by atoms with Gasteiger partial charge in [-0.2, -0.15) is 0 Å². The van der Waals surface area contributed by atoms with Crippen LogP contribution in [0.15, 0.2) is 48.7 Å².